The van der Waals surface area contributed by atoms with E-state index in [4.69, 9.17) is 0 Å². The second-order valence-corrected chi connectivity index (χ2v) is 8.32. The van der Waals surface area contributed by atoms with E-state index < -0.39 is 0 Å². The van der Waals surface area contributed by atoms with Crippen LogP contribution in [0.25, 0.3) is 21.3 Å². The van der Waals surface area contributed by atoms with Crippen molar-refractivity contribution in [3.8, 4) is 11.1 Å². The number of Topliss-reactive ketones (excluding diaryl/α,β-unsaturated/α-hetero) is 1. The van der Waals surface area contributed by atoms with E-state index in [1.54, 1.807) is 4.57 Å². The van der Waals surface area contributed by atoms with Crippen molar-refractivity contribution in [1.29, 1.82) is 0 Å². The highest BCUT2D eigenvalue weighted by Crippen LogP contribution is 2.39. The maximum Gasteiger partial charge on any atom is 0.262 e. The Morgan fingerprint density at radius 3 is 2.68 bits per heavy atom. The quantitative estimate of drug-likeness (QED) is 0.611. The summed E-state index contributed by atoms with van der Waals surface area (Å²) < 4.78 is 2.57. The summed E-state index contributed by atoms with van der Waals surface area (Å²) in [5, 5.41) is 0.642. The first-order valence-electron chi connectivity index (χ1n) is 8.06. The summed E-state index contributed by atoms with van der Waals surface area (Å²) in [6, 6.07) is 6.12. The lowest BCUT2D eigenvalue weighted by Gasteiger charge is -2.10. The number of rotatable bonds is 4. The Kier molecular flexibility index (Phi) is 4.93. The minimum Gasteiger partial charge on any atom is -0.300 e. The number of aromatic nitrogens is 2. The molecule has 0 spiro atoms. The van der Waals surface area contributed by atoms with E-state index in [2.05, 4.69) is 27.0 Å². The maximum atomic E-state index is 13.2. The first-order chi connectivity index (χ1) is 11.8. The largest absolute Gasteiger partial charge is 0.300 e. The van der Waals surface area contributed by atoms with Crippen molar-refractivity contribution in [3.05, 3.63) is 49.3 Å². The molecule has 0 bridgehead atoms. The predicted molar refractivity (Wildman–Crippen MR) is 107 cm³/mol. The van der Waals surface area contributed by atoms with Crippen LogP contribution < -0.4 is 5.56 Å². The standard InChI is InChI=1S/C19H19BrN2O2S/c1-10-5-6-15(20)14(9-10)16-12(3)25-18-17(16)19(24)22(13(4)21-18)8-7-11(2)23/h5-6,9H,7-8H2,1-4H3. The third kappa shape index (κ3) is 3.33. The molecule has 0 fully saturated rings. The number of nitrogens with zero attached hydrogens (tertiary/aromatic N) is 2. The van der Waals surface area contributed by atoms with E-state index in [0.717, 1.165) is 30.9 Å². The molecule has 0 aliphatic heterocycles. The molecule has 3 aromatic rings. The first kappa shape index (κ1) is 18.0. The van der Waals surface area contributed by atoms with E-state index in [9.17, 15) is 9.59 Å². The molecule has 2 heterocycles. The van der Waals surface area contributed by atoms with Gasteiger partial charge < -0.3 is 0 Å². The van der Waals surface area contributed by atoms with Crippen molar-refractivity contribution in [2.24, 2.45) is 0 Å². The van der Waals surface area contributed by atoms with E-state index in [-0.39, 0.29) is 11.3 Å². The van der Waals surface area contributed by atoms with Crippen LogP contribution in [0.5, 0.6) is 0 Å². The summed E-state index contributed by atoms with van der Waals surface area (Å²) in [7, 11) is 0. The Hall–Kier alpha value is -1.79. The molecule has 4 nitrogen and oxygen atoms in total. The third-order valence-corrected chi connectivity index (χ3v) is 5.95. The second kappa shape index (κ2) is 6.84. The molecule has 25 heavy (non-hydrogen) atoms. The van der Waals surface area contributed by atoms with Crippen LogP contribution >= 0.6 is 27.3 Å². The van der Waals surface area contributed by atoms with Crippen LogP contribution in [0.1, 0.15) is 29.6 Å². The van der Waals surface area contributed by atoms with Gasteiger partial charge >= 0.3 is 0 Å². The van der Waals surface area contributed by atoms with Gasteiger partial charge in [-0.2, -0.15) is 0 Å². The summed E-state index contributed by atoms with van der Waals surface area (Å²) in [4.78, 5) is 31.0. The number of aryl methyl sites for hydroxylation is 3. The van der Waals surface area contributed by atoms with Gasteiger partial charge in [-0.25, -0.2) is 4.98 Å². The van der Waals surface area contributed by atoms with Crippen LogP contribution in [-0.2, 0) is 11.3 Å². The Morgan fingerprint density at radius 2 is 2.00 bits per heavy atom. The zero-order valence-corrected chi connectivity index (χ0v) is 17.0. The van der Waals surface area contributed by atoms with Crippen LogP contribution in [-0.4, -0.2) is 15.3 Å². The number of carbonyl (C=O) groups is 1. The lowest BCUT2D eigenvalue weighted by Crippen LogP contribution is -2.24. The fraction of sp³-hybridized carbons (Fsp3) is 0.316. The molecule has 0 N–H and O–H groups in total. The zero-order valence-electron chi connectivity index (χ0n) is 14.6. The molecular weight excluding hydrogens is 400 g/mol. The van der Waals surface area contributed by atoms with Gasteiger partial charge in [-0.05, 0) is 39.3 Å². The third-order valence-electron chi connectivity index (χ3n) is 4.26. The summed E-state index contributed by atoms with van der Waals surface area (Å²) in [5.74, 6) is 0.712. The predicted octanol–water partition coefficient (Wildman–Crippen LogP) is 4.79. The van der Waals surface area contributed by atoms with Crippen LogP contribution in [0, 0.1) is 20.8 Å². The molecule has 2 aromatic heterocycles. The molecule has 0 aliphatic rings. The molecule has 6 heteroatoms. The number of hydrogen-bond donors (Lipinski definition) is 0. The smallest absolute Gasteiger partial charge is 0.262 e. The van der Waals surface area contributed by atoms with Crippen LogP contribution in [0.2, 0.25) is 0 Å². The Labute approximate surface area is 158 Å². The molecular formula is C19H19BrN2O2S. The molecule has 1 aromatic carbocycles. The first-order valence-corrected chi connectivity index (χ1v) is 9.67. The topological polar surface area (TPSA) is 52.0 Å². The van der Waals surface area contributed by atoms with E-state index in [0.29, 0.717) is 24.2 Å². The summed E-state index contributed by atoms with van der Waals surface area (Å²) in [6.07, 6.45) is 0.334. The monoisotopic (exact) mass is 418 g/mol. The summed E-state index contributed by atoms with van der Waals surface area (Å²) in [5.41, 5.74) is 3.00. The Morgan fingerprint density at radius 1 is 1.28 bits per heavy atom. The van der Waals surface area contributed by atoms with Crippen molar-refractivity contribution in [1.82, 2.24) is 9.55 Å². The molecule has 0 unspecified atom stereocenters. The van der Waals surface area contributed by atoms with Gasteiger partial charge in [-0.3, -0.25) is 14.2 Å². The molecule has 0 saturated carbocycles. The summed E-state index contributed by atoms with van der Waals surface area (Å²) >= 11 is 5.15. The van der Waals surface area contributed by atoms with Gasteiger partial charge in [-0.15, -0.1) is 11.3 Å². The molecule has 130 valence electrons. The fourth-order valence-corrected chi connectivity index (χ4v) is 4.50. The highest BCUT2D eigenvalue weighted by molar-refractivity contribution is 9.10. The molecule has 0 radical (unpaired) electrons. The van der Waals surface area contributed by atoms with Gasteiger partial charge in [0.15, 0.2) is 0 Å². The minimum atomic E-state index is -0.0727. The van der Waals surface area contributed by atoms with Crippen molar-refractivity contribution in [2.75, 3.05) is 0 Å². The van der Waals surface area contributed by atoms with Crippen molar-refractivity contribution >= 4 is 43.3 Å². The number of thiophene rings is 1. The van der Waals surface area contributed by atoms with Gasteiger partial charge in [0.2, 0.25) is 0 Å². The molecule has 0 saturated heterocycles. The van der Waals surface area contributed by atoms with Crippen molar-refractivity contribution < 1.29 is 4.79 Å². The lowest BCUT2D eigenvalue weighted by molar-refractivity contribution is -0.117. The highest BCUT2D eigenvalue weighted by atomic mass is 79.9. The minimum absolute atomic E-state index is 0.0644. The Bertz CT molecular complexity index is 1050. The van der Waals surface area contributed by atoms with Crippen molar-refractivity contribution in [2.45, 2.75) is 40.7 Å². The van der Waals surface area contributed by atoms with Gasteiger partial charge in [0.05, 0.1) is 5.39 Å². The number of fused-ring (bicyclic) bond motifs is 1. The normalized spacial score (nSPS) is 11.2. The second-order valence-electron chi connectivity index (χ2n) is 6.26. The van der Waals surface area contributed by atoms with E-state index in [1.165, 1.54) is 18.3 Å². The van der Waals surface area contributed by atoms with Gasteiger partial charge in [0, 0.05) is 27.9 Å². The average molecular weight is 419 g/mol. The average Bonchev–Trinajstić information content (AvgIpc) is 2.85. The highest BCUT2D eigenvalue weighted by Gasteiger charge is 2.20. The maximum absolute atomic E-state index is 13.2. The van der Waals surface area contributed by atoms with Gasteiger partial charge in [-0.1, -0.05) is 33.6 Å². The van der Waals surface area contributed by atoms with Crippen LogP contribution in [0.3, 0.4) is 0 Å². The van der Waals surface area contributed by atoms with E-state index in [1.807, 2.05) is 32.9 Å². The molecule has 0 atom stereocenters. The summed E-state index contributed by atoms with van der Waals surface area (Å²) in [6.45, 7) is 7.78. The van der Waals surface area contributed by atoms with Crippen molar-refractivity contribution in [3.63, 3.8) is 0 Å². The Balaban J connectivity index is 2.32. The number of carbonyl (C=O) groups excluding carboxylic acids is 1. The number of halogens is 1. The molecule has 3 rings (SSSR count). The lowest BCUT2D eigenvalue weighted by atomic mass is 10.0. The zero-order chi connectivity index (χ0) is 18.3. The number of ketones is 1. The fourth-order valence-electron chi connectivity index (χ4n) is 2.98. The molecule has 0 amide bonds. The number of hydrogen-bond acceptors (Lipinski definition) is 4. The van der Waals surface area contributed by atoms with Crippen LogP contribution in [0.15, 0.2) is 27.5 Å². The van der Waals surface area contributed by atoms with E-state index >= 15 is 0 Å². The number of benzene rings is 1. The molecule has 0 aliphatic carbocycles. The van der Waals surface area contributed by atoms with Gasteiger partial charge in [0.1, 0.15) is 16.4 Å². The SMILES string of the molecule is CC(=O)CCn1c(C)nc2sc(C)c(-c3cc(C)ccc3Br)c2c1=O. The van der Waals surface area contributed by atoms with Crippen LogP contribution in [0.4, 0.5) is 0 Å². The van der Waals surface area contributed by atoms with Gasteiger partial charge in [0.25, 0.3) is 5.56 Å².